The third-order valence-electron chi connectivity index (χ3n) is 6.67. The van der Waals surface area contributed by atoms with E-state index in [0.717, 1.165) is 30.9 Å². The zero-order valence-corrected chi connectivity index (χ0v) is 21.6. The van der Waals surface area contributed by atoms with Gasteiger partial charge in [-0.1, -0.05) is 39.0 Å². The van der Waals surface area contributed by atoms with E-state index >= 15 is 0 Å². The summed E-state index contributed by atoms with van der Waals surface area (Å²) >= 11 is 0. The van der Waals surface area contributed by atoms with E-state index in [9.17, 15) is 9.90 Å². The normalized spacial score (nSPS) is 14.1. The zero-order valence-electron chi connectivity index (χ0n) is 21.6. The molecule has 1 aliphatic heterocycles. The molecule has 0 radical (unpaired) electrons. The number of nitrogens with one attached hydrogen (secondary N) is 1. The first-order valence-electron chi connectivity index (χ1n) is 12.6. The highest BCUT2D eigenvalue weighted by Crippen LogP contribution is 2.25. The molecule has 5 rings (SSSR count). The number of hydrogen-bond donors (Lipinski definition) is 2. The number of nitrogens with zero attached hydrogens (tertiary/aromatic N) is 6. The molecule has 3 aromatic heterocycles. The Morgan fingerprint density at radius 2 is 2.00 bits per heavy atom. The molecule has 0 atom stereocenters. The third-order valence-corrected chi connectivity index (χ3v) is 6.67. The largest absolute Gasteiger partial charge is 0.395 e. The molecule has 4 aromatic rings. The Bertz CT molecular complexity index is 1510. The number of benzene rings is 1. The minimum Gasteiger partial charge on any atom is -0.395 e. The van der Waals surface area contributed by atoms with Gasteiger partial charge in [0.2, 0.25) is 5.95 Å². The molecule has 9 heteroatoms. The smallest absolute Gasteiger partial charge is 0.278 e. The van der Waals surface area contributed by atoms with Crippen LogP contribution in [0.2, 0.25) is 0 Å². The van der Waals surface area contributed by atoms with Crippen LogP contribution >= 0.6 is 0 Å². The van der Waals surface area contributed by atoms with Crippen molar-refractivity contribution < 1.29 is 5.11 Å². The average molecular weight is 500 g/mol. The van der Waals surface area contributed by atoms with Crippen LogP contribution in [0.25, 0.3) is 16.9 Å². The van der Waals surface area contributed by atoms with Crippen LogP contribution in [0.5, 0.6) is 0 Å². The lowest BCUT2D eigenvalue weighted by Crippen LogP contribution is -2.32. The summed E-state index contributed by atoms with van der Waals surface area (Å²) in [5, 5.41) is 13.0. The van der Waals surface area contributed by atoms with Crippen molar-refractivity contribution in [2.24, 2.45) is 0 Å². The number of fused-ring (bicyclic) bond motifs is 2. The van der Waals surface area contributed by atoms with Crippen LogP contribution in [0.15, 0.2) is 60.0 Å². The van der Waals surface area contributed by atoms with Gasteiger partial charge in [-0.3, -0.25) is 9.69 Å². The van der Waals surface area contributed by atoms with Gasteiger partial charge in [0.05, 0.1) is 13.2 Å². The Hall–Kier alpha value is -3.82. The lowest BCUT2D eigenvalue weighted by atomic mass is 9.92. The van der Waals surface area contributed by atoms with Gasteiger partial charge in [-0.25, -0.2) is 19.3 Å². The first-order valence-corrected chi connectivity index (χ1v) is 12.6. The molecule has 0 fully saturated rings. The highest BCUT2D eigenvalue weighted by molar-refractivity contribution is 5.77. The van der Waals surface area contributed by atoms with Gasteiger partial charge in [-0.15, -0.1) is 6.58 Å². The molecule has 9 nitrogen and oxygen atoms in total. The van der Waals surface area contributed by atoms with E-state index in [4.69, 9.17) is 9.97 Å². The van der Waals surface area contributed by atoms with Gasteiger partial charge in [0.25, 0.3) is 5.56 Å². The Balaban J connectivity index is 1.55. The van der Waals surface area contributed by atoms with Crippen LogP contribution in [0.3, 0.4) is 0 Å². The van der Waals surface area contributed by atoms with E-state index < -0.39 is 0 Å². The maximum Gasteiger partial charge on any atom is 0.278 e. The second-order valence-electron chi connectivity index (χ2n) is 10.4. The van der Waals surface area contributed by atoms with Crippen LogP contribution in [-0.4, -0.2) is 54.0 Å². The van der Waals surface area contributed by atoms with Crippen molar-refractivity contribution in [1.29, 1.82) is 0 Å². The molecule has 0 unspecified atom stereocenters. The number of allylic oxidation sites excluding steroid dienone is 1. The van der Waals surface area contributed by atoms with Crippen LogP contribution < -0.4 is 10.9 Å². The molecular weight excluding hydrogens is 466 g/mol. The van der Waals surface area contributed by atoms with E-state index in [-0.39, 0.29) is 17.6 Å². The van der Waals surface area contributed by atoms with Gasteiger partial charge >= 0.3 is 0 Å². The maximum atomic E-state index is 13.3. The van der Waals surface area contributed by atoms with Gasteiger partial charge in [0.15, 0.2) is 11.5 Å². The molecular formula is C28H33N7O2. The van der Waals surface area contributed by atoms with E-state index in [1.54, 1.807) is 21.6 Å². The maximum absolute atomic E-state index is 13.3. The van der Waals surface area contributed by atoms with Crippen molar-refractivity contribution in [3.05, 3.63) is 82.4 Å². The molecule has 1 aromatic carbocycles. The number of aliphatic hydroxyl groups excluding tert-OH is 1. The van der Waals surface area contributed by atoms with Gasteiger partial charge in [-0.05, 0) is 41.8 Å². The van der Waals surface area contributed by atoms with E-state index in [1.807, 2.05) is 24.3 Å². The summed E-state index contributed by atoms with van der Waals surface area (Å²) in [6.45, 7) is 13.0. The highest BCUT2D eigenvalue weighted by atomic mass is 16.3. The fraction of sp³-hybridized carbons (Fsp3) is 0.357. The predicted molar refractivity (Wildman–Crippen MR) is 146 cm³/mol. The van der Waals surface area contributed by atoms with Crippen molar-refractivity contribution in [3.63, 3.8) is 0 Å². The lowest BCUT2D eigenvalue weighted by molar-refractivity contribution is 0.184. The molecule has 0 aliphatic carbocycles. The van der Waals surface area contributed by atoms with E-state index in [0.29, 0.717) is 35.9 Å². The number of hydrogen-bond acceptors (Lipinski definition) is 7. The molecule has 0 bridgehead atoms. The zero-order chi connectivity index (χ0) is 26.2. The number of β-amino-alcohol motifs (C(OH)–C–C–N with tert-alkyl or cyclic N) is 1. The number of rotatable bonds is 7. The van der Waals surface area contributed by atoms with Crippen molar-refractivity contribution in [2.45, 2.75) is 45.7 Å². The second kappa shape index (κ2) is 9.91. The van der Waals surface area contributed by atoms with Gasteiger partial charge < -0.3 is 10.4 Å². The highest BCUT2D eigenvalue weighted by Gasteiger charge is 2.21. The number of aromatic nitrogens is 5. The Labute approximate surface area is 216 Å². The van der Waals surface area contributed by atoms with E-state index in [2.05, 4.69) is 54.7 Å². The monoisotopic (exact) mass is 499 g/mol. The van der Waals surface area contributed by atoms with Crippen molar-refractivity contribution in [1.82, 2.24) is 29.2 Å². The van der Waals surface area contributed by atoms with E-state index in [1.165, 1.54) is 11.1 Å². The molecule has 0 saturated carbocycles. The van der Waals surface area contributed by atoms with Crippen LogP contribution in [0, 0.1) is 0 Å². The van der Waals surface area contributed by atoms with Crippen LogP contribution in [0.4, 0.5) is 11.6 Å². The number of pyridine rings is 1. The summed E-state index contributed by atoms with van der Waals surface area (Å²) in [6.07, 6.45) is 4.21. The Morgan fingerprint density at radius 1 is 1.16 bits per heavy atom. The summed E-state index contributed by atoms with van der Waals surface area (Å²) in [6, 6.07) is 12.1. The van der Waals surface area contributed by atoms with Crippen LogP contribution in [0.1, 0.15) is 37.6 Å². The first-order chi connectivity index (χ1) is 17.8. The predicted octanol–water partition coefficient (Wildman–Crippen LogP) is 3.55. The Kier molecular flexibility index (Phi) is 6.66. The van der Waals surface area contributed by atoms with Gasteiger partial charge in [0.1, 0.15) is 5.39 Å². The van der Waals surface area contributed by atoms with Gasteiger partial charge in [-0.2, -0.15) is 4.98 Å². The molecule has 0 amide bonds. The van der Waals surface area contributed by atoms with Crippen molar-refractivity contribution in [2.75, 3.05) is 25.0 Å². The minimum atomic E-state index is -0.192. The molecule has 0 spiro atoms. The standard InChI is InChI=1S/C28H33N7O2/c1-5-12-34-26(37)22-17-29-27(30-21-10-9-19-11-13-33(14-15-36)18-20(19)16-21)32-25(22)35(34)24-8-6-7-23(31-24)28(2,3)4/h5-10,16-17,36H,1,11-15,18H2,2-4H3,(H,29,30,32). The quantitative estimate of drug-likeness (QED) is 0.375. The summed E-state index contributed by atoms with van der Waals surface area (Å²) in [7, 11) is 0. The van der Waals surface area contributed by atoms with Crippen molar-refractivity contribution >= 4 is 22.7 Å². The molecule has 4 heterocycles. The second-order valence-corrected chi connectivity index (χ2v) is 10.4. The fourth-order valence-corrected chi connectivity index (χ4v) is 4.72. The topological polar surface area (TPSA) is 101 Å². The minimum absolute atomic E-state index is 0.149. The third kappa shape index (κ3) is 4.92. The molecule has 2 N–H and O–H groups in total. The molecule has 37 heavy (non-hydrogen) atoms. The number of aliphatic hydroxyl groups is 1. The molecule has 192 valence electrons. The SMILES string of the molecule is C=CCn1c(=O)c2cnc(Nc3ccc4c(c3)CN(CCO)CC4)nc2n1-c1cccc(C(C)(C)C)n1. The Morgan fingerprint density at radius 3 is 2.76 bits per heavy atom. The average Bonchev–Trinajstić information content (AvgIpc) is 3.14. The molecule has 0 saturated heterocycles. The first kappa shape index (κ1) is 24.9. The summed E-state index contributed by atoms with van der Waals surface area (Å²) in [4.78, 5) is 29.6. The summed E-state index contributed by atoms with van der Waals surface area (Å²) in [5.74, 6) is 1.01. The summed E-state index contributed by atoms with van der Waals surface area (Å²) in [5.41, 5.74) is 4.47. The van der Waals surface area contributed by atoms with Crippen LogP contribution in [-0.2, 0) is 24.9 Å². The van der Waals surface area contributed by atoms with Crippen molar-refractivity contribution in [3.8, 4) is 5.82 Å². The number of anilines is 2. The lowest BCUT2D eigenvalue weighted by Gasteiger charge is -2.28. The van der Waals surface area contributed by atoms with Gasteiger partial charge in [0, 0.05) is 42.6 Å². The summed E-state index contributed by atoms with van der Waals surface area (Å²) < 4.78 is 3.33. The fourth-order valence-electron chi connectivity index (χ4n) is 4.72. The molecule has 1 aliphatic rings.